The Morgan fingerprint density at radius 1 is 1.16 bits per heavy atom. The molecule has 2 N–H and O–H groups in total. The second kappa shape index (κ2) is 9.24. The molecule has 32 heavy (non-hydrogen) atoms. The van der Waals surface area contributed by atoms with E-state index in [4.69, 9.17) is 10.5 Å². The predicted octanol–water partition coefficient (Wildman–Crippen LogP) is 1.10. The molecule has 2 aromatic heterocycles. The van der Waals surface area contributed by atoms with Crippen molar-refractivity contribution in [3.63, 3.8) is 0 Å². The topological polar surface area (TPSA) is 124 Å². The van der Waals surface area contributed by atoms with Gasteiger partial charge in [-0.15, -0.1) is 0 Å². The minimum Gasteiger partial charge on any atom is -0.445 e. The van der Waals surface area contributed by atoms with Crippen LogP contribution in [0.25, 0.3) is 0 Å². The molecular weight excluding hydrogens is 433 g/mol. The molecule has 3 heterocycles. The van der Waals surface area contributed by atoms with Crippen molar-refractivity contribution in [1.82, 2.24) is 19.4 Å². The molecule has 0 spiro atoms. The van der Waals surface area contributed by atoms with Crippen LogP contribution in [0.15, 0.2) is 35.5 Å². The Bertz CT molecular complexity index is 1030. The number of nitrogens with two attached hydrogens (primary N) is 1. The van der Waals surface area contributed by atoms with E-state index in [0.717, 1.165) is 12.4 Å². The van der Waals surface area contributed by atoms with Gasteiger partial charge >= 0.3 is 12.3 Å². The van der Waals surface area contributed by atoms with E-state index < -0.39 is 23.9 Å². The number of aromatic nitrogens is 3. The third-order valence-electron chi connectivity index (χ3n) is 4.82. The van der Waals surface area contributed by atoms with E-state index in [9.17, 15) is 27.6 Å². The Hall–Kier alpha value is -3.64. The number of piperazine rings is 1. The zero-order chi connectivity index (χ0) is 23.5. The molecule has 1 atom stereocenters. The monoisotopic (exact) mass is 454 g/mol. The molecule has 0 aromatic carbocycles. The molecule has 10 nitrogen and oxygen atoms in total. The summed E-state index contributed by atoms with van der Waals surface area (Å²) in [6, 6.07) is 2.66. The quantitative estimate of drug-likeness (QED) is 0.718. The van der Waals surface area contributed by atoms with Crippen molar-refractivity contribution in [3.8, 4) is 0 Å². The van der Waals surface area contributed by atoms with Crippen molar-refractivity contribution in [1.29, 1.82) is 0 Å². The number of carbonyl (C=O) groups excluding carboxylic acids is 2. The lowest BCUT2D eigenvalue weighted by atomic mass is 10.2. The van der Waals surface area contributed by atoms with Gasteiger partial charge in [0.05, 0.1) is 17.7 Å². The number of nitrogens with zero attached hydrogens (tertiary/aromatic N) is 5. The maximum atomic E-state index is 12.9. The van der Waals surface area contributed by atoms with Crippen LogP contribution < -0.4 is 16.2 Å². The van der Waals surface area contributed by atoms with Crippen LogP contribution in [0.2, 0.25) is 0 Å². The highest BCUT2D eigenvalue weighted by atomic mass is 19.4. The summed E-state index contributed by atoms with van der Waals surface area (Å²) in [6.45, 7) is 2.85. The zero-order valence-electron chi connectivity index (χ0n) is 17.1. The molecule has 1 aliphatic heterocycles. The first-order valence-electron chi connectivity index (χ1n) is 9.64. The molecule has 1 aliphatic rings. The number of pyridine rings is 1. The van der Waals surface area contributed by atoms with Crippen molar-refractivity contribution in [3.05, 3.63) is 52.2 Å². The van der Waals surface area contributed by atoms with E-state index >= 15 is 0 Å². The minimum atomic E-state index is -4.51. The Morgan fingerprint density at radius 2 is 1.78 bits per heavy atom. The number of ether oxygens (including phenoxy) is 1. The molecule has 0 aliphatic carbocycles. The lowest BCUT2D eigenvalue weighted by Crippen LogP contribution is -2.49. The molecule has 0 radical (unpaired) electrons. The van der Waals surface area contributed by atoms with E-state index in [1.165, 1.54) is 22.9 Å². The summed E-state index contributed by atoms with van der Waals surface area (Å²) in [5, 5.41) is 0. The van der Waals surface area contributed by atoms with Crippen molar-refractivity contribution < 1.29 is 27.5 Å². The van der Waals surface area contributed by atoms with Crippen LogP contribution in [0.1, 0.15) is 22.8 Å². The van der Waals surface area contributed by atoms with Crippen LogP contribution in [0.3, 0.4) is 0 Å². The average molecular weight is 454 g/mol. The molecule has 13 heteroatoms. The van der Waals surface area contributed by atoms with E-state index in [0.29, 0.717) is 26.2 Å². The van der Waals surface area contributed by atoms with Gasteiger partial charge < -0.3 is 24.8 Å². The van der Waals surface area contributed by atoms with Gasteiger partial charge in [-0.3, -0.25) is 9.59 Å². The normalized spacial score (nSPS) is 15.4. The average Bonchev–Trinajstić information content (AvgIpc) is 2.74. The van der Waals surface area contributed by atoms with Gasteiger partial charge in [-0.1, -0.05) is 0 Å². The summed E-state index contributed by atoms with van der Waals surface area (Å²) in [4.78, 5) is 46.6. The van der Waals surface area contributed by atoms with Gasteiger partial charge in [-0.2, -0.15) is 13.2 Å². The largest absolute Gasteiger partial charge is 0.445 e. The summed E-state index contributed by atoms with van der Waals surface area (Å²) < 4.78 is 44.0. The number of primary amides is 1. The van der Waals surface area contributed by atoms with Crippen LogP contribution in [-0.2, 0) is 17.5 Å². The van der Waals surface area contributed by atoms with Gasteiger partial charge in [0.1, 0.15) is 6.10 Å². The molecule has 1 fully saturated rings. The fourth-order valence-electron chi connectivity index (χ4n) is 3.24. The van der Waals surface area contributed by atoms with Crippen LogP contribution >= 0.6 is 0 Å². The molecule has 0 unspecified atom stereocenters. The predicted molar refractivity (Wildman–Crippen MR) is 106 cm³/mol. The van der Waals surface area contributed by atoms with Gasteiger partial charge in [0, 0.05) is 50.8 Å². The number of hydrogen-bond acceptors (Lipinski definition) is 7. The summed E-state index contributed by atoms with van der Waals surface area (Å²) in [5.74, 6) is -0.155. The smallest absolute Gasteiger partial charge is 0.419 e. The van der Waals surface area contributed by atoms with Crippen LogP contribution in [0.4, 0.5) is 23.9 Å². The van der Waals surface area contributed by atoms with Crippen LogP contribution in [-0.4, -0.2) is 63.7 Å². The highest BCUT2D eigenvalue weighted by Gasteiger charge is 2.32. The second-order valence-electron chi connectivity index (χ2n) is 7.20. The molecule has 172 valence electrons. The number of amides is 2. The van der Waals surface area contributed by atoms with Crippen molar-refractivity contribution in [2.45, 2.75) is 25.7 Å². The number of anilines is 1. The van der Waals surface area contributed by atoms with E-state index in [1.54, 1.807) is 16.7 Å². The number of hydrogen-bond donors (Lipinski definition) is 1. The molecule has 0 bridgehead atoms. The minimum absolute atomic E-state index is 0.0297. The van der Waals surface area contributed by atoms with Gasteiger partial charge in [-0.05, 0) is 13.0 Å². The van der Waals surface area contributed by atoms with Crippen LogP contribution in [0.5, 0.6) is 0 Å². The first kappa shape index (κ1) is 23.0. The Labute approximate surface area is 180 Å². The fourth-order valence-corrected chi connectivity index (χ4v) is 3.24. The molecule has 2 aromatic rings. The Kier molecular flexibility index (Phi) is 6.65. The van der Waals surface area contributed by atoms with Crippen LogP contribution in [0, 0.1) is 0 Å². The third kappa shape index (κ3) is 5.53. The first-order valence-corrected chi connectivity index (χ1v) is 9.64. The lowest BCUT2D eigenvalue weighted by Gasteiger charge is -2.34. The standard InChI is InChI=1S/C19H21F3N6O4/c1-12(32-17(23)31)10-28-11-13(2-3-15(28)29)16(30)26-4-6-27(7-5-26)18-24-8-14(9-25-18)19(20,21)22/h2-3,8-9,11-12H,4-7,10H2,1H3,(H2,23,31)/t12-/m0/s1. The number of rotatable bonds is 5. The number of carbonyl (C=O) groups is 2. The van der Waals surface area contributed by atoms with Crippen molar-refractivity contribution in [2.75, 3.05) is 31.1 Å². The van der Waals surface area contributed by atoms with Gasteiger partial charge in [0.2, 0.25) is 5.95 Å². The molecule has 0 saturated carbocycles. The lowest BCUT2D eigenvalue weighted by molar-refractivity contribution is -0.138. The number of halogens is 3. The molecular formula is C19H21F3N6O4. The summed E-state index contributed by atoms with van der Waals surface area (Å²) in [6.07, 6.45) is -3.30. The maximum Gasteiger partial charge on any atom is 0.419 e. The Balaban J connectivity index is 1.63. The van der Waals surface area contributed by atoms with E-state index in [-0.39, 0.29) is 29.5 Å². The third-order valence-corrected chi connectivity index (χ3v) is 4.82. The zero-order valence-corrected chi connectivity index (χ0v) is 17.1. The summed E-state index contributed by atoms with van der Waals surface area (Å²) in [7, 11) is 0. The Morgan fingerprint density at radius 3 is 2.34 bits per heavy atom. The summed E-state index contributed by atoms with van der Waals surface area (Å²) in [5.41, 5.74) is 3.94. The maximum absolute atomic E-state index is 12.9. The van der Waals surface area contributed by atoms with Crippen molar-refractivity contribution >= 4 is 17.9 Å². The fraction of sp³-hybridized carbons (Fsp3) is 0.421. The molecule has 2 amide bonds. The van der Waals surface area contributed by atoms with Gasteiger partial charge in [-0.25, -0.2) is 14.8 Å². The highest BCUT2D eigenvalue weighted by molar-refractivity contribution is 5.94. The van der Waals surface area contributed by atoms with E-state index in [1.807, 2.05) is 0 Å². The SMILES string of the molecule is C[C@@H](Cn1cc(C(=O)N2CCN(c3ncc(C(F)(F)F)cn3)CC2)ccc1=O)OC(N)=O. The second-order valence-corrected chi connectivity index (χ2v) is 7.20. The van der Waals surface area contributed by atoms with Gasteiger partial charge in [0.15, 0.2) is 0 Å². The first-order chi connectivity index (χ1) is 15.0. The summed E-state index contributed by atoms with van der Waals surface area (Å²) >= 11 is 0. The highest BCUT2D eigenvalue weighted by Crippen LogP contribution is 2.28. The molecule has 3 rings (SSSR count). The van der Waals surface area contributed by atoms with E-state index in [2.05, 4.69) is 9.97 Å². The van der Waals surface area contributed by atoms with Crippen molar-refractivity contribution in [2.24, 2.45) is 5.73 Å². The molecule has 1 saturated heterocycles. The number of alkyl halides is 3. The van der Waals surface area contributed by atoms with Gasteiger partial charge in [0.25, 0.3) is 11.5 Å².